The Labute approximate surface area is 115 Å². The minimum Gasteiger partial charge on any atom is -0.327 e. The highest BCUT2D eigenvalue weighted by Crippen LogP contribution is 2.26. The first-order chi connectivity index (χ1) is 9.00. The van der Waals surface area contributed by atoms with Crippen LogP contribution >= 0.6 is 0 Å². The summed E-state index contributed by atoms with van der Waals surface area (Å²) < 4.78 is 0. The molecule has 104 valence electrons. The van der Waals surface area contributed by atoms with Crippen molar-refractivity contribution < 1.29 is 4.79 Å². The van der Waals surface area contributed by atoms with Gasteiger partial charge in [0.1, 0.15) is 0 Å². The molecule has 0 saturated heterocycles. The average Bonchev–Trinajstić information content (AvgIpc) is 2.55. The second kappa shape index (κ2) is 5.72. The van der Waals surface area contributed by atoms with E-state index in [2.05, 4.69) is 18.0 Å². The molecule has 1 aromatic rings. The summed E-state index contributed by atoms with van der Waals surface area (Å²) >= 11 is 0. The zero-order valence-corrected chi connectivity index (χ0v) is 12.0. The third-order valence-corrected chi connectivity index (χ3v) is 3.87. The van der Waals surface area contributed by atoms with Crippen molar-refractivity contribution in [3.63, 3.8) is 0 Å². The van der Waals surface area contributed by atoms with Crippen LogP contribution < -0.4 is 10.6 Å². The molecule has 1 aliphatic rings. The van der Waals surface area contributed by atoms with Crippen molar-refractivity contribution in [2.75, 3.05) is 25.0 Å². The predicted molar refractivity (Wildman–Crippen MR) is 77.9 cm³/mol. The molecule has 1 heterocycles. The van der Waals surface area contributed by atoms with Crippen LogP contribution in [0.3, 0.4) is 0 Å². The van der Waals surface area contributed by atoms with Crippen molar-refractivity contribution in [1.29, 1.82) is 0 Å². The monoisotopic (exact) mass is 261 g/mol. The molecule has 2 atom stereocenters. The van der Waals surface area contributed by atoms with Gasteiger partial charge in [0.05, 0.1) is 5.92 Å². The van der Waals surface area contributed by atoms with Gasteiger partial charge in [0.25, 0.3) is 0 Å². The number of fused-ring (bicyclic) bond motifs is 1. The van der Waals surface area contributed by atoms with E-state index in [4.69, 9.17) is 5.73 Å². The Kier molecular flexibility index (Phi) is 4.22. The lowest BCUT2D eigenvalue weighted by Gasteiger charge is -2.27. The summed E-state index contributed by atoms with van der Waals surface area (Å²) in [7, 11) is 2.08. The van der Waals surface area contributed by atoms with Crippen LogP contribution in [0.4, 0.5) is 5.69 Å². The van der Waals surface area contributed by atoms with Gasteiger partial charge in [-0.2, -0.15) is 0 Å². The molecule has 2 rings (SSSR count). The molecule has 0 radical (unpaired) electrons. The molecule has 1 aromatic carbocycles. The van der Waals surface area contributed by atoms with Crippen molar-refractivity contribution in [3.8, 4) is 0 Å². The number of anilines is 1. The number of carbonyl (C=O) groups is 1. The van der Waals surface area contributed by atoms with Crippen LogP contribution in [0.25, 0.3) is 0 Å². The summed E-state index contributed by atoms with van der Waals surface area (Å²) in [5.41, 5.74) is 8.11. The Balaban J connectivity index is 2.33. The van der Waals surface area contributed by atoms with E-state index in [1.807, 2.05) is 36.9 Å². The van der Waals surface area contributed by atoms with Gasteiger partial charge in [-0.1, -0.05) is 25.1 Å². The highest BCUT2D eigenvalue weighted by Gasteiger charge is 2.27. The topological polar surface area (TPSA) is 49.6 Å². The minimum absolute atomic E-state index is 0.123. The van der Waals surface area contributed by atoms with Crippen LogP contribution in [-0.2, 0) is 11.3 Å². The lowest BCUT2D eigenvalue weighted by Crippen LogP contribution is -2.43. The molecular formula is C15H23N3O. The third-order valence-electron chi connectivity index (χ3n) is 3.87. The van der Waals surface area contributed by atoms with Gasteiger partial charge in [-0.3, -0.25) is 4.79 Å². The van der Waals surface area contributed by atoms with Crippen LogP contribution in [0.1, 0.15) is 19.4 Å². The van der Waals surface area contributed by atoms with E-state index in [1.54, 1.807) is 0 Å². The van der Waals surface area contributed by atoms with Gasteiger partial charge in [-0.25, -0.2) is 0 Å². The number of benzene rings is 1. The quantitative estimate of drug-likeness (QED) is 0.876. The molecule has 1 aliphatic heterocycles. The summed E-state index contributed by atoms with van der Waals surface area (Å²) in [6.07, 6.45) is 0. The maximum Gasteiger partial charge on any atom is 0.231 e. The lowest BCUT2D eigenvalue weighted by molar-refractivity contribution is -0.122. The standard InChI is InChI=1S/C15H23N3O/c1-11(12(2)16)15(19)18-9-8-17(3)10-13-6-4-5-7-14(13)18/h4-7,11-12H,8-10,16H2,1-3H3. The maximum absolute atomic E-state index is 12.6. The fourth-order valence-electron chi connectivity index (χ4n) is 2.37. The fraction of sp³-hybridized carbons (Fsp3) is 0.533. The number of nitrogens with zero attached hydrogens (tertiary/aromatic N) is 2. The third kappa shape index (κ3) is 2.96. The molecule has 1 amide bonds. The molecule has 0 fully saturated rings. The van der Waals surface area contributed by atoms with E-state index in [1.165, 1.54) is 5.56 Å². The summed E-state index contributed by atoms with van der Waals surface area (Å²) in [6.45, 7) is 6.28. The summed E-state index contributed by atoms with van der Waals surface area (Å²) in [6, 6.07) is 8.01. The summed E-state index contributed by atoms with van der Waals surface area (Å²) in [4.78, 5) is 16.7. The second-order valence-corrected chi connectivity index (χ2v) is 5.50. The average molecular weight is 261 g/mol. The van der Waals surface area contributed by atoms with E-state index >= 15 is 0 Å². The largest absolute Gasteiger partial charge is 0.327 e. The van der Waals surface area contributed by atoms with E-state index < -0.39 is 0 Å². The first kappa shape index (κ1) is 14.0. The van der Waals surface area contributed by atoms with Crippen molar-refractivity contribution in [3.05, 3.63) is 29.8 Å². The minimum atomic E-state index is -0.156. The SMILES string of the molecule is CC(N)C(C)C(=O)N1CCN(C)Cc2ccccc21. The Hall–Kier alpha value is -1.39. The van der Waals surface area contributed by atoms with Crippen molar-refractivity contribution in [2.45, 2.75) is 26.4 Å². The van der Waals surface area contributed by atoms with Gasteiger partial charge in [0, 0.05) is 31.4 Å². The van der Waals surface area contributed by atoms with Gasteiger partial charge in [0.15, 0.2) is 0 Å². The Morgan fingerprint density at radius 1 is 1.26 bits per heavy atom. The van der Waals surface area contributed by atoms with Crippen LogP contribution in [0, 0.1) is 5.92 Å². The number of amides is 1. The summed E-state index contributed by atoms with van der Waals surface area (Å²) in [5, 5.41) is 0. The van der Waals surface area contributed by atoms with Crippen molar-refractivity contribution >= 4 is 11.6 Å². The van der Waals surface area contributed by atoms with Gasteiger partial charge in [-0.05, 0) is 25.6 Å². The zero-order chi connectivity index (χ0) is 14.0. The Morgan fingerprint density at radius 3 is 2.63 bits per heavy atom. The van der Waals surface area contributed by atoms with Crippen LogP contribution in [-0.4, -0.2) is 37.0 Å². The molecule has 0 saturated carbocycles. The summed E-state index contributed by atoms with van der Waals surface area (Å²) in [5.74, 6) is -0.0331. The molecule has 4 nitrogen and oxygen atoms in total. The highest BCUT2D eigenvalue weighted by atomic mass is 16.2. The predicted octanol–water partition coefficient (Wildman–Crippen LogP) is 1.45. The molecule has 0 aromatic heterocycles. The van der Waals surface area contributed by atoms with Crippen molar-refractivity contribution in [2.24, 2.45) is 11.7 Å². The van der Waals surface area contributed by atoms with Gasteiger partial charge >= 0.3 is 0 Å². The van der Waals surface area contributed by atoms with Gasteiger partial charge < -0.3 is 15.5 Å². The smallest absolute Gasteiger partial charge is 0.231 e. The first-order valence-electron chi connectivity index (χ1n) is 6.84. The fourth-order valence-corrected chi connectivity index (χ4v) is 2.37. The number of likely N-dealkylation sites (N-methyl/N-ethyl adjacent to an activating group) is 1. The Bertz CT molecular complexity index is 458. The van der Waals surface area contributed by atoms with Crippen molar-refractivity contribution in [1.82, 2.24) is 4.90 Å². The molecule has 2 unspecified atom stereocenters. The zero-order valence-electron chi connectivity index (χ0n) is 12.0. The molecule has 19 heavy (non-hydrogen) atoms. The van der Waals surface area contributed by atoms with Crippen LogP contribution in [0.2, 0.25) is 0 Å². The van der Waals surface area contributed by atoms with E-state index in [0.29, 0.717) is 0 Å². The number of para-hydroxylation sites is 1. The van der Waals surface area contributed by atoms with E-state index in [-0.39, 0.29) is 17.9 Å². The number of hydrogen-bond donors (Lipinski definition) is 1. The number of nitrogens with two attached hydrogens (primary N) is 1. The van der Waals surface area contributed by atoms with E-state index in [0.717, 1.165) is 25.3 Å². The molecule has 0 spiro atoms. The molecule has 4 heteroatoms. The van der Waals surface area contributed by atoms with Crippen LogP contribution in [0.5, 0.6) is 0 Å². The molecule has 2 N–H and O–H groups in total. The van der Waals surface area contributed by atoms with Crippen LogP contribution in [0.15, 0.2) is 24.3 Å². The maximum atomic E-state index is 12.6. The second-order valence-electron chi connectivity index (χ2n) is 5.50. The normalized spacial score (nSPS) is 19.5. The number of hydrogen-bond acceptors (Lipinski definition) is 3. The van der Waals surface area contributed by atoms with Gasteiger partial charge in [0.2, 0.25) is 5.91 Å². The molecule has 0 bridgehead atoms. The number of carbonyl (C=O) groups excluding carboxylic acids is 1. The Morgan fingerprint density at radius 2 is 1.95 bits per heavy atom. The van der Waals surface area contributed by atoms with E-state index in [9.17, 15) is 4.79 Å². The lowest BCUT2D eigenvalue weighted by atomic mass is 10.0. The highest BCUT2D eigenvalue weighted by molar-refractivity contribution is 5.96. The first-order valence-corrected chi connectivity index (χ1v) is 6.84. The molecular weight excluding hydrogens is 238 g/mol. The van der Waals surface area contributed by atoms with Gasteiger partial charge in [-0.15, -0.1) is 0 Å². The molecule has 0 aliphatic carbocycles. The number of rotatable bonds is 2.